The predicted molar refractivity (Wildman–Crippen MR) is 70.4 cm³/mol. The molecule has 0 radical (unpaired) electrons. The van der Waals surface area contributed by atoms with E-state index in [1.165, 1.54) is 0 Å². The summed E-state index contributed by atoms with van der Waals surface area (Å²) >= 11 is 0. The minimum absolute atomic E-state index is 0.0654. The highest BCUT2D eigenvalue weighted by atomic mass is 19.1. The molecule has 7 heteroatoms. The van der Waals surface area contributed by atoms with Crippen molar-refractivity contribution in [3.63, 3.8) is 0 Å². The zero-order valence-electron chi connectivity index (χ0n) is 10.9. The molecule has 0 bridgehead atoms. The van der Waals surface area contributed by atoms with Gasteiger partial charge in [0.1, 0.15) is 6.04 Å². The number of nitrogens with zero attached hydrogens (tertiary/aromatic N) is 2. The zero-order chi connectivity index (χ0) is 13.7. The van der Waals surface area contributed by atoms with E-state index < -0.39 is 11.9 Å². The van der Waals surface area contributed by atoms with Gasteiger partial charge in [-0.15, -0.1) is 0 Å². The fourth-order valence-corrected chi connectivity index (χ4v) is 1.87. The number of halogens is 1. The van der Waals surface area contributed by atoms with Crippen molar-refractivity contribution in [2.75, 3.05) is 23.7 Å². The molecule has 1 atom stereocenters. The molecule has 104 valence electrons. The number of hydrogen-bond donors (Lipinski definition) is 3. The molecular weight excluding hydrogens is 249 g/mol. The first-order valence-electron chi connectivity index (χ1n) is 6.51. The van der Waals surface area contributed by atoms with Crippen molar-refractivity contribution in [1.82, 2.24) is 15.3 Å². The molecule has 1 amide bonds. The Labute approximate surface area is 111 Å². The molecule has 0 saturated carbocycles. The van der Waals surface area contributed by atoms with Crippen LogP contribution in [-0.4, -0.2) is 35.0 Å². The van der Waals surface area contributed by atoms with Crippen LogP contribution in [0.1, 0.15) is 26.2 Å². The van der Waals surface area contributed by atoms with E-state index in [1.54, 1.807) is 0 Å². The summed E-state index contributed by atoms with van der Waals surface area (Å²) in [5, 5.41) is 8.56. The number of aromatic nitrogens is 2. The highest BCUT2D eigenvalue weighted by molar-refractivity contribution is 5.85. The standard InChI is InChI=1S/C12H18FN5O/c1-2-5-15-12-16-7-8(13)10(18-12)17-9-4-3-6-14-11(9)19/h7,9H,2-6H2,1H3,(H,14,19)(H2,15,16,17,18). The smallest absolute Gasteiger partial charge is 0.242 e. The Balaban J connectivity index is 2.07. The molecule has 2 heterocycles. The van der Waals surface area contributed by atoms with Crippen LogP contribution in [0.15, 0.2) is 6.20 Å². The van der Waals surface area contributed by atoms with Crippen LogP contribution in [0.5, 0.6) is 0 Å². The number of piperidine rings is 1. The van der Waals surface area contributed by atoms with E-state index in [2.05, 4.69) is 25.9 Å². The third-order valence-corrected chi connectivity index (χ3v) is 2.87. The molecule has 0 spiro atoms. The number of rotatable bonds is 5. The minimum Gasteiger partial charge on any atom is -0.356 e. The molecule has 1 aliphatic heterocycles. The monoisotopic (exact) mass is 267 g/mol. The van der Waals surface area contributed by atoms with Crippen molar-refractivity contribution < 1.29 is 9.18 Å². The topological polar surface area (TPSA) is 78.9 Å². The first-order chi connectivity index (χ1) is 9.20. The average Bonchev–Trinajstić information content (AvgIpc) is 2.42. The fourth-order valence-electron chi connectivity index (χ4n) is 1.87. The fraction of sp³-hybridized carbons (Fsp3) is 0.583. The summed E-state index contributed by atoms with van der Waals surface area (Å²) < 4.78 is 13.6. The van der Waals surface area contributed by atoms with Crippen molar-refractivity contribution in [2.45, 2.75) is 32.2 Å². The van der Waals surface area contributed by atoms with Gasteiger partial charge in [-0.1, -0.05) is 6.92 Å². The molecule has 1 saturated heterocycles. The maximum absolute atomic E-state index is 13.6. The van der Waals surface area contributed by atoms with Crippen LogP contribution in [0.4, 0.5) is 16.2 Å². The van der Waals surface area contributed by atoms with Gasteiger partial charge in [0.25, 0.3) is 0 Å². The Bertz CT molecular complexity index is 454. The first-order valence-corrected chi connectivity index (χ1v) is 6.51. The Hall–Kier alpha value is -1.92. The third-order valence-electron chi connectivity index (χ3n) is 2.87. The normalized spacial score (nSPS) is 18.8. The Morgan fingerprint density at radius 1 is 1.58 bits per heavy atom. The van der Waals surface area contributed by atoms with Crippen LogP contribution < -0.4 is 16.0 Å². The second-order valence-corrected chi connectivity index (χ2v) is 4.45. The Morgan fingerprint density at radius 2 is 2.42 bits per heavy atom. The number of nitrogens with one attached hydrogen (secondary N) is 3. The van der Waals surface area contributed by atoms with Crippen LogP contribution >= 0.6 is 0 Å². The maximum Gasteiger partial charge on any atom is 0.242 e. The van der Waals surface area contributed by atoms with Gasteiger partial charge >= 0.3 is 0 Å². The van der Waals surface area contributed by atoms with Crippen molar-refractivity contribution in [2.24, 2.45) is 0 Å². The lowest BCUT2D eigenvalue weighted by atomic mass is 10.1. The van der Waals surface area contributed by atoms with Gasteiger partial charge in [-0.3, -0.25) is 4.79 Å². The second-order valence-electron chi connectivity index (χ2n) is 4.45. The van der Waals surface area contributed by atoms with Gasteiger partial charge in [0.05, 0.1) is 6.20 Å². The van der Waals surface area contributed by atoms with E-state index in [0.29, 0.717) is 18.9 Å². The summed E-state index contributed by atoms with van der Waals surface area (Å²) in [6.07, 6.45) is 3.58. The SMILES string of the molecule is CCCNc1ncc(F)c(NC2CCCNC2=O)n1. The van der Waals surface area contributed by atoms with Gasteiger partial charge in [-0.05, 0) is 19.3 Å². The van der Waals surface area contributed by atoms with Crippen LogP contribution in [0.25, 0.3) is 0 Å². The van der Waals surface area contributed by atoms with Gasteiger partial charge < -0.3 is 16.0 Å². The highest BCUT2D eigenvalue weighted by Gasteiger charge is 2.23. The molecule has 1 fully saturated rings. The molecule has 3 N–H and O–H groups in total. The van der Waals surface area contributed by atoms with Crippen molar-refractivity contribution in [1.29, 1.82) is 0 Å². The van der Waals surface area contributed by atoms with E-state index in [4.69, 9.17) is 0 Å². The van der Waals surface area contributed by atoms with E-state index >= 15 is 0 Å². The van der Waals surface area contributed by atoms with E-state index in [0.717, 1.165) is 25.6 Å². The number of anilines is 2. The summed E-state index contributed by atoms with van der Waals surface area (Å²) in [5.74, 6) is -0.245. The molecule has 1 aromatic heterocycles. The molecular formula is C12H18FN5O. The summed E-state index contributed by atoms with van der Waals surface area (Å²) in [6, 6.07) is -0.433. The van der Waals surface area contributed by atoms with Crippen molar-refractivity contribution >= 4 is 17.7 Å². The van der Waals surface area contributed by atoms with Gasteiger partial charge in [-0.2, -0.15) is 4.98 Å². The van der Waals surface area contributed by atoms with Gasteiger partial charge in [0, 0.05) is 13.1 Å². The molecule has 19 heavy (non-hydrogen) atoms. The van der Waals surface area contributed by atoms with Gasteiger partial charge in [-0.25, -0.2) is 9.37 Å². The first kappa shape index (κ1) is 13.5. The quantitative estimate of drug-likeness (QED) is 0.745. The third kappa shape index (κ3) is 3.52. The van der Waals surface area contributed by atoms with Crippen LogP contribution in [0.3, 0.4) is 0 Å². The number of amides is 1. The van der Waals surface area contributed by atoms with Gasteiger partial charge in [0.2, 0.25) is 11.9 Å². The van der Waals surface area contributed by atoms with Crippen molar-refractivity contribution in [3.8, 4) is 0 Å². The molecule has 0 aliphatic carbocycles. The van der Waals surface area contributed by atoms with E-state index in [-0.39, 0.29) is 11.7 Å². The van der Waals surface area contributed by atoms with E-state index in [9.17, 15) is 9.18 Å². The predicted octanol–water partition coefficient (Wildman–Crippen LogP) is 1.13. The minimum atomic E-state index is -0.555. The molecule has 1 unspecified atom stereocenters. The molecule has 1 aromatic rings. The molecule has 6 nitrogen and oxygen atoms in total. The maximum atomic E-state index is 13.6. The molecule has 0 aromatic carbocycles. The second kappa shape index (κ2) is 6.31. The van der Waals surface area contributed by atoms with Crippen LogP contribution in [0, 0.1) is 5.82 Å². The Kier molecular flexibility index (Phi) is 4.48. The van der Waals surface area contributed by atoms with Gasteiger partial charge in [0.15, 0.2) is 11.6 Å². The largest absolute Gasteiger partial charge is 0.356 e. The number of carbonyl (C=O) groups is 1. The Morgan fingerprint density at radius 3 is 3.16 bits per heavy atom. The average molecular weight is 267 g/mol. The molecule has 1 aliphatic rings. The summed E-state index contributed by atoms with van der Waals surface area (Å²) in [5.41, 5.74) is 0. The molecule has 2 rings (SSSR count). The van der Waals surface area contributed by atoms with Crippen LogP contribution in [0.2, 0.25) is 0 Å². The lowest BCUT2D eigenvalue weighted by Crippen LogP contribution is -2.44. The summed E-state index contributed by atoms with van der Waals surface area (Å²) in [4.78, 5) is 19.5. The number of carbonyl (C=O) groups excluding carboxylic acids is 1. The number of hydrogen-bond acceptors (Lipinski definition) is 5. The summed E-state index contributed by atoms with van der Waals surface area (Å²) in [6.45, 7) is 3.41. The lowest BCUT2D eigenvalue weighted by molar-refractivity contribution is -0.123. The van der Waals surface area contributed by atoms with Crippen molar-refractivity contribution in [3.05, 3.63) is 12.0 Å². The lowest BCUT2D eigenvalue weighted by Gasteiger charge is -2.23. The van der Waals surface area contributed by atoms with Crippen LogP contribution in [-0.2, 0) is 4.79 Å². The van der Waals surface area contributed by atoms with E-state index in [1.807, 2.05) is 6.92 Å². The highest BCUT2D eigenvalue weighted by Crippen LogP contribution is 2.16. The summed E-state index contributed by atoms with van der Waals surface area (Å²) in [7, 11) is 0. The zero-order valence-corrected chi connectivity index (χ0v) is 10.9.